The molecular weight excluding hydrogens is 354 g/mol. The van der Waals surface area contributed by atoms with Crippen LogP contribution < -0.4 is 20.1 Å². The Morgan fingerprint density at radius 3 is 2.82 bits per heavy atom. The van der Waals surface area contributed by atoms with Crippen molar-refractivity contribution in [1.29, 1.82) is 0 Å². The van der Waals surface area contributed by atoms with Gasteiger partial charge in [0, 0.05) is 18.8 Å². The molecule has 2 unspecified atom stereocenters. The minimum Gasteiger partial charge on any atom is -0.493 e. The van der Waals surface area contributed by atoms with E-state index in [4.69, 9.17) is 9.47 Å². The lowest BCUT2D eigenvalue weighted by Gasteiger charge is -2.18. The Morgan fingerprint density at radius 2 is 2.11 bits per heavy atom. The molecule has 0 spiro atoms. The quantitative estimate of drug-likeness (QED) is 0.696. The molecule has 2 heterocycles. The van der Waals surface area contributed by atoms with E-state index in [0.29, 0.717) is 30.4 Å². The van der Waals surface area contributed by atoms with Gasteiger partial charge >= 0.3 is 0 Å². The molecule has 1 saturated heterocycles. The standard InChI is InChI=1S/C22H29N3O3/c1-16(25-22(26)6-3-17-7-12-24-14-17)19-4-5-20(21(13-19)27-2)28-15-18-8-10-23-11-9-18/h4-5,8-11,13,16-17,24H,3,6-7,12,14-15H2,1-2H3,(H,25,26). The molecular formula is C22H29N3O3. The van der Waals surface area contributed by atoms with Gasteiger partial charge in [-0.3, -0.25) is 9.78 Å². The molecule has 1 aliphatic heterocycles. The minimum absolute atomic E-state index is 0.0858. The van der Waals surface area contributed by atoms with Crippen molar-refractivity contribution in [2.75, 3.05) is 20.2 Å². The van der Waals surface area contributed by atoms with Gasteiger partial charge in [0.25, 0.3) is 0 Å². The van der Waals surface area contributed by atoms with Gasteiger partial charge in [-0.15, -0.1) is 0 Å². The topological polar surface area (TPSA) is 72.5 Å². The first-order valence-electron chi connectivity index (χ1n) is 9.85. The van der Waals surface area contributed by atoms with E-state index in [-0.39, 0.29) is 11.9 Å². The van der Waals surface area contributed by atoms with Crippen LogP contribution in [0.15, 0.2) is 42.7 Å². The molecule has 150 valence electrons. The van der Waals surface area contributed by atoms with Crippen molar-refractivity contribution in [3.05, 3.63) is 53.9 Å². The number of methoxy groups -OCH3 is 1. The van der Waals surface area contributed by atoms with Gasteiger partial charge in [0.15, 0.2) is 11.5 Å². The number of carbonyl (C=O) groups excluding carboxylic acids is 1. The van der Waals surface area contributed by atoms with Crippen LogP contribution >= 0.6 is 0 Å². The van der Waals surface area contributed by atoms with E-state index in [2.05, 4.69) is 15.6 Å². The van der Waals surface area contributed by atoms with E-state index in [9.17, 15) is 4.79 Å². The number of hydrogen-bond donors (Lipinski definition) is 2. The lowest BCUT2D eigenvalue weighted by Crippen LogP contribution is -2.27. The summed E-state index contributed by atoms with van der Waals surface area (Å²) in [4.78, 5) is 16.3. The van der Waals surface area contributed by atoms with Crippen LogP contribution in [0.25, 0.3) is 0 Å². The fourth-order valence-electron chi connectivity index (χ4n) is 3.41. The molecule has 1 fully saturated rings. The number of rotatable bonds is 9. The third-order valence-electron chi connectivity index (χ3n) is 5.15. The highest BCUT2D eigenvalue weighted by molar-refractivity contribution is 5.76. The molecule has 0 aliphatic carbocycles. The van der Waals surface area contributed by atoms with E-state index >= 15 is 0 Å². The van der Waals surface area contributed by atoms with Crippen LogP contribution in [0.3, 0.4) is 0 Å². The highest BCUT2D eigenvalue weighted by Gasteiger charge is 2.17. The zero-order valence-corrected chi connectivity index (χ0v) is 16.6. The molecule has 28 heavy (non-hydrogen) atoms. The number of hydrogen-bond acceptors (Lipinski definition) is 5. The van der Waals surface area contributed by atoms with Crippen molar-refractivity contribution in [1.82, 2.24) is 15.6 Å². The Kier molecular flexibility index (Phi) is 7.25. The van der Waals surface area contributed by atoms with Crippen LogP contribution in [-0.2, 0) is 11.4 Å². The number of nitrogens with one attached hydrogen (secondary N) is 2. The Bertz CT molecular complexity index is 761. The maximum absolute atomic E-state index is 12.3. The molecule has 0 radical (unpaired) electrons. The number of benzene rings is 1. The summed E-state index contributed by atoms with van der Waals surface area (Å²) >= 11 is 0. The molecule has 0 saturated carbocycles. The Hall–Kier alpha value is -2.60. The maximum Gasteiger partial charge on any atom is 0.220 e. The second-order valence-corrected chi connectivity index (χ2v) is 7.24. The molecule has 6 heteroatoms. The minimum atomic E-state index is -0.0858. The summed E-state index contributed by atoms with van der Waals surface area (Å²) in [6, 6.07) is 9.53. The van der Waals surface area contributed by atoms with Crippen LogP contribution in [0.2, 0.25) is 0 Å². The average Bonchev–Trinajstić information content (AvgIpc) is 3.25. The Morgan fingerprint density at radius 1 is 1.29 bits per heavy atom. The van der Waals surface area contributed by atoms with Gasteiger partial charge in [-0.1, -0.05) is 6.07 Å². The lowest BCUT2D eigenvalue weighted by molar-refractivity contribution is -0.122. The van der Waals surface area contributed by atoms with Crippen LogP contribution in [0.5, 0.6) is 11.5 Å². The third-order valence-corrected chi connectivity index (χ3v) is 5.15. The number of nitrogens with zero attached hydrogens (tertiary/aromatic N) is 1. The first kappa shape index (κ1) is 20.1. The Balaban J connectivity index is 1.54. The van der Waals surface area contributed by atoms with E-state index in [0.717, 1.165) is 30.6 Å². The molecule has 1 aromatic heterocycles. The van der Waals surface area contributed by atoms with Gasteiger partial charge in [0.1, 0.15) is 6.61 Å². The van der Waals surface area contributed by atoms with E-state index in [1.807, 2.05) is 37.3 Å². The van der Waals surface area contributed by atoms with Gasteiger partial charge in [-0.25, -0.2) is 0 Å². The van der Waals surface area contributed by atoms with Crippen LogP contribution in [0, 0.1) is 5.92 Å². The molecule has 6 nitrogen and oxygen atoms in total. The van der Waals surface area contributed by atoms with Gasteiger partial charge in [-0.2, -0.15) is 0 Å². The van der Waals surface area contributed by atoms with Gasteiger partial charge in [0.2, 0.25) is 5.91 Å². The zero-order valence-electron chi connectivity index (χ0n) is 16.6. The number of ether oxygens (including phenoxy) is 2. The van der Waals surface area contributed by atoms with Crippen LogP contribution in [0.4, 0.5) is 0 Å². The van der Waals surface area contributed by atoms with Crippen molar-refractivity contribution in [2.45, 2.75) is 38.8 Å². The maximum atomic E-state index is 12.3. The summed E-state index contributed by atoms with van der Waals surface area (Å²) in [7, 11) is 1.62. The largest absolute Gasteiger partial charge is 0.493 e. The number of aromatic nitrogens is 1. The lowest BCUT2D eigenvalue weighted by atomic mass is 10.0. The monoisotopic (exact) mass is 383 g/mol. The number of carbonyl (C=O) groups is 1. The fourth-order valence-corrected chi connectivity index (χ4v) is 3.41. The van der Waals surface area contributed by atoms with Gasteiger partial charge in [0.05, 0.1) is 13.2 Å². The fraction of sp³-hybridized carbons (Fsp3) is 0.455. The summed E-state index contributed by atoms with van der Waals surface area (Å²) < 4.78 is 11.4. The SMILES string of the molecule is COc1cc(C(C)NC(=O)CCC2CCNC2)ccc1OCc1ccncc1. The highest BCUT2D eigenvalue weighted by Crippen LogP contribution is 2.31. The van der Waals surface area contributed by atoms with Gasteiger partial charge in [-0.05, 0) is 74.2 Å². The van der Waals surface area contributed by atoms with Crippen molar-refractivity contribution in [3.63, 3.8) is 0 Å². The van der Waals surface area contributed by atoms with E-state index < -0.39 is 0 Å². The van der Waals surface area contributed by atoms with Crippen molar-refractivity contribution in [2.24, 2.45) is 5.92 Å². The first-order chi connectivity index (χ1) is 13.7. The predicted molar refractivity (Wildman–Crippen MR) is 108 cm³/mol. The average molecular weight is 383 g/mol. The van der Waals surface area contributed by atoms with E-state index in [1.165, 1.54) is 6.42 Å². The first-order valence-corrected chi connectivity index (χ1v) is 9.85. The van der Waals surface area contributed by atoms with Crippen molar-refractivity contribution < 1.29 is 14.3 Å². The van der Waals surface area contributed by atoms with E-state index in [1.54, 1.807) is 19.5 Å². The van der Waals surface area contributed by atoms with Gasteiger partial charge < -0.3 is 20.1 Å². The summed E-state index contributed by atoms with van der Waals surface area (Å²) in [5.41, 5.74) is 2.03. The number of amides is 1. The predicted octanol–water partition coefficient (Wildman–Crippen LogP) is 3.24. The third kappa shape index (κ3) is 5.70. The second kappa shape index (κ2) is 10.1. The molecule has 1 aliphatic rings. The molecule has 1 aromatic carbocycles. The molecule has 3 rings (SSSR count). The van der Waals surface area contributed by atoms with Crippen molar-refractivity contribution >= 4 is 5.91 Å². The summed E-state index contributed by atoms with van der Waals surface area (Å²) in [6.07, 6.45) is 6.16. The molecule has 1 amide bonds. The molecule has 2 N–H and O–H groups in total. The molecule has 2 atom stereocenters. The molecule has 0 bridgehead atoms. The summed E-state index contributed by atoms with van der Waals surface area (Å²) in [5, 5.41) is 6.43. The Labute approximate surface area is 166 Å². The summed E-state index contributed by atoms with van der Waals surface area (Å²) in [5.74, 6) is 2.05. The second-order valence-electron chi connectivity index (χ2n) is 7.24. The normalized spacial score (nSPS) is 17.1. The smallest absolute Gasteiger partial charge is 0.220 e. The van der Waals surface area contributed by atoms with Crippen LogP contribution in [0.1, 0.15) is 43.4 Å². The molecule has 2 aromatic rings. The zero-order chi connectivity index (χ0) is 19.8. The number of pyridine rings is 1. The highest BCUT2D eigenvalue weighted by atomic mass is 16.5. The van der Waals surface area contributed by atoms with Crippen molar-refractivity contribution in [3.8, 4) is 11.5 Å². The summed E-state index contributed by atoms with van der Waals surface area (Å²) in [6.45, 7) is 4.53. The van der Waals surface area contributed by atoms with Crippen LogP contribution in [-0.4, -0.2) is 31.1 Å².